The topological polar surface area (TPSA) is 49.8 Å². The molecule has 18 heavy (non-hydrogen) atoms. The fraction of sp³-hybridized carbons (Fsp3) is 0.500. The van der Waals surface area contributed by atoms with Gasteiger partial charge < -0.3 is 14.7 Å². The Labute approximate surface area is 108 Å². The van der Waals surface area contributed by atoms with Gasteiger partial charge in [-0.1, -0.05) is 12.1 Å². The SMILES string of the molecule is CCOC(CCN(C)c1cccc(C)c1)C(=O)O. The highest BCUT2D eigenvalue weighted by molar-refractivity contribution is 5.72. The van der Waals surface area contributed by atoms with E-state index in [1.807, 2.05) is 37.1 Å². The minimum absolute atomic E-state index is 0.422. The van der Waals surface area contributed by atoms with Crippen LogP contribution in [0, 0.1) is 6.92 Å². The van der Waals surface area contributed by atoms with Gasteiger partial charge in [0.2, 0.25) is 0 Å². The van der Waals surface area contributed by atoms with E-state index in [2.05, 4.69) is 6.07 Å². The van der Waals surface area contributed by atoms with Crippen molar-refractivity contribution in [3.05, 3.63) is 29.8 Å². The van der Waals surface area contributed by atoms with Crippen LogP contribution in [0.15, 0.2) is 24.3 Å². The van der Waals surface area contributed by atoms with Crippen LogP contribution in [0.2, 0.25) is 0 Å². The molecule has 1 N–H and O–H groups in total. The molecule has 1 atom stereocenters. The predicted octanol–water partition coefficient (Wildman–Crippen LogP) is 2.31. The number of hydrogen-bond acceptors (Lipinski definition) is 3. The molecule has 0 aliphatic rings. The van der Waals surface area contributed by atoms with Crippen LogP contribution in [0.1, 0.15) is 18.9 Å². The molecular formula is C14H21NO3. The molecule has 0 aliphatic heterocycles. The van der Waals surface area contributed by atoms with Crippen molar-refractivity contribution >= 4 is 11.7 Å². The number of hydrogen-bond donors (Lipinski definition) is 1. The van der Waals surface area contributed by atoms with Crippen LogP contribution in [-0.4, -0.2) is 37.4 Å². The molecule has 0 saturated heterocycles. The molecule has 0 bridgehead atoms. The Balaban J connectivity index is 2.54. The van der Waals surface area contributed by atoms with Gasteiger partial charge in [-0.2, -0.15) is 0 Å². The van der Waals surface area contributed by atoms with Gasteiger partial charge in [-0.25, -0.2) is 4.79 Å². The average Bonchev–Trinajstić information content (AvgIpc) is 2.33. The highest BCUT2D eigenvalue weighted by Crippen LogP contribution is 2.15. The lowest BCUT2D eigenvalue weighted by Crippen LogP contribution is -2.30. The van der Waals surface area contributed by atoms with Gasteiger partial charge in [-0.15, -0.1) is 0 Å². The second-order valence-electron chi connectivity index (χ2n) is 4.33. The van der Waals surface area contributed by atoms with E-state index < -0.39 is 12.1 Å². The molecular weight excluding hydrogens is 230 g/mol. The molecule has 0 saturated carbocycles. The van der Waals surface area contributed by atoms with Crippen molar-refractivity contribution in [2.24, 2.45) is 0 Å². The molecule has 1 rings (SSSR count). The summed E-state index contributed by atoms with van der Waals surface area (Å²) in [6.45, 7) is 4.92. The largest absolute Gasteiger partial charge is 0.479 e. The van der Waals surface area contributed by atoms with Gasteiger partial charge in [-0.05, 0) is 31.5 Å². The molecule has 0 radical (unpaired) electrons. The molecule has 0 fully saturated rings. The Morgan fingerprint density at radius 1 is 1.50 bits per heavy atom. The monoisotopic (exact) mass is 251 g/mol. The zero-order valence-corrected chi connectivity index (χ0v) is 11.2. The highest BCUT2D eigenvalue weighted by atomic mass is 16.5. The fourth-order valence-electron chi connectivity index (χ4n) is 1.78. The van der Waals surface area contributed by atoms with Crippen molar-refractivity contribution < 1.29 is 14.6 Å². The Kier molecular flexibility index (Phi) is 5.65. The quantitative estimate of drug-likeness (QED) is 0.808. The summed E-state index contributed by atoms with van der Waals surface area (Å²) in [7, 11) is 1.96. The first-order valence-corrected chi connectivity index (χ1v) is 6.16. The zero-order valence-electron chi connectivity index (χ0n) is 11.2. The Hall–Kier alpha value is -1.55. The van der Waals surface area contributed by atoms with Crippen molar-refractivity contribution in [1.82, 2.24) is 0 Å². The van der Waals surface area contributed by atoms with E-state index in [1.54, 1.807) is 6.92 Å². The molecule has 0 heterocycles. The first-order chi connectivity index (χ1) is 8.54. The number of aryl methyl sites for hydroxylation is 1. The third-order valence-electron chi connectivity index (χ3n) is 2.81. The van der Waals surface area contributed by atoms with Crippen LogP contribution in [0.3, 0.4) is 0 Å². The number of aliphatic carboxylic acids is 1. The molecule has 1 aromatic carbocycles. The molecule has 4 heteroatoms. The van der Waals surface area contributed by atoms with Crippen LogP contribution in [0.25, 0.3) is 0 Å². The van der Waals surface area contributed by atoms with Gasteiger partial charge in [0, 0.05) is 32.3 Å². The summed E-state index contributed by atoms with van der Waals surface area (Å²) in [6, 6.07) is 8.13. The number of rotatable bonds is 7. The molecule has 1 unspecified atom stereocenters. The van der Waals surface area contributed by atoms with Crippen molar-refractivity contribution in [3.8, 4) is 0 Å². The summed E-state index contributed by atoms with van der Waals surface area (Å²) in [5.41, 5.74) is 2.29. The first kappa shape index (κ1) is 14.5. The van der Waals surface area contributed by atoms with Gasteiger partial charge in [-0.3, -0.25) is 0 Å². The smallest absolute Gasteiger partial charge is 0.332 e. The van der Waals surface area contributed by atoms with Gasteiger partial charge in [0.25, 0.3) is 0 Å². The Bertz CT molecular complexity index is 392. The molecule has 0 aromatic heterocycles. The Morgan fingerprint density at radius 3 is 2.78 bits per heavy atom. The van der Waals surface area contributed by atoms with E-state index in [1.165, 1.54) is 5.56 Å². The van der Waals surface area contributed by atoms with Crippen LogP contribution in [0.5, 0.6) is 0 Å². The van der Waals surface area contributed by atoms with Gasteiger partial charge in [0.1, 0.15) is 0 Å². The van der Waals surface area contributed by atoms with Gasteiger partial charge in [0.15, 0.2) is 6.10 Å². The third kappa shape index (κ3) is 4.37. The number of ether oxygens (including phenoxy) is 1. The van der Waals surface area contributed by atoms with E-state index in [-0.39, 0.29) is 0 Å². The van der Waals surface area contributed by atoms with E-state index in [9.17, 15) is 4.79 Å². The van der Waals surface area contributed by atoms with E-state index >= 15 is 0 Å². The highest BCUT2D eigenvalue weighted by Gasteiger charge is 2.17. The Morgan fingerprint density at radius 2 is 2.22 bits per heavy atom. The molecule has 4 nitrogen and oxygen atoms in total. The lowest BCUT2D eigenvalue weighted by molar-refractivity contribution is -0.150. The lowest BCUT2D eigenvalue weighted by Gasteiger charge is -2.21. The number of anilines is 1. The van der Waals surface area contributed by atoms with E-state index in [4.69, 9.17) is 9.84 Å². The van der Waals surface area contributed by atoms with E-state index in [0.29, 0.717) is 19.6 Å². The summed E-state index contributed by atoms with van der Waals surface area (Å²) in [5.74, 6) is -0.894. The van der Waals surface area contributed by atoms with Gasteiger partial charge >= 0.3 is 5.97 Å². The fourth-order valence-corrected chi connectivity index (χ4v) is 1.78. The zero-order chi connectivity index (χ0) is 13.5. The summed E-state index contributed by atoms with van der Waals surface area (Å²) < 4.78 is 5.19. The van der Waals surface area contributed by atoms with Crippen LogP contribution in [0.4, 0.5) is 5.69 Å². The van der Waals surface area contributed by atoms with Crippen molar-refractivity contribution in [2.45, 2.75) is 26.4 Å². The van der Waals surface area contributed by atoms with Crippen LogP contribution < -0.4 is 4.90 Å². The predicted molar refractivity (Wildman–Crippen MR) is 72.1 cm³/mol. The molecule has 0 spiro atoms. The first-order valence-electron chi connectivity index (χ1n) is 6.16. The normalized spacial score (nSPS) is 12.2. The second-order valence-corrected chi connectivity index (χ2v) is 4.33. The number of nitrogens with zero attached hydrogens (tertiary/aromatic N) is 1. The van der Waals surface area contributed by atoms with Crippen molar-refractivity contribution in [3.63, 3.8) is 0 Å². The number of carboxylic acid groups (broad SMARTS) is 1. The van der Waals surface area contributed by atoms with Crippen LogP contribution in [-0.2, 0) is 9.53 Å². The molecule has 100 valence electrons. The summed E-state index contributed by atoms with van der Waals surface area (Å²) in [5, 5.41) is 8.99. The maximum absolute atomic E-state index is 10.9. The van der Waals surface area contributed by atoms with E-state index in [0.717, 1.165) is 5.69 Å². The molecule has 0 amide bonds. The molecule has 0 aliphatic carbocycles. The van der Waals surface area contributed by atoms with Crippen molar-refractivity contribution in [1.29, 1.82) is 0 Å². The minimum Gasteiger partial charge on any atom is -0.479 e. The molecule has 1 aromatic rings. The summed E-state index contributed by atoms with van der Waals surface area (Å²) in [4.78, 5) is 13.0. The summed E-state index contributed by atoms with van der Waals surface area (Å²) >= 11 is 0. The number of benzene rings is 1. The lowest BCUT2D eigenvalue weighted by atomic mass is 10.2. The standard InChI is InChI=1S/C14H21NO3/c1-4-18-13(14(16)17)8-9-15(3)12-7-5-6-11(2)10-12/h5-7,10,13H,4,8-9H2,1-3H3,(H,16,17). The summed E-state index contributed by atoms with van der Waals surface area (Å²) in [6.07, 6.45) is -0.240. The second kappa shape index (κ2) is 7.01. The minimum atomic E-state index is -0.894. The van der Waals surface area contributed by atoms with Crippen molar-refractivity contribution in [2.75, 3.05) is 25.1 Å². The third-order valence-corrected chi connectivity index (χ3v) is 2.81. The number of carbonyl (C=O) groups is 1. The number of carboxylic acids is 1. The van der Waals surface area contributed by atoms with Gasteiger partial charge in [0.05, 0.1) is 0 Å². The van der Waals surface area contributed by atoms with Crippen LogP contribution >= 0.6 is 0 Å². The average molecular weight is 251 g/mol. The maximum atomic E-state index is 10.9. The maximum Gasteiger partial charge on any atom is 0.332 e.